The Morgan fingerprint density at radius 3 is 2.62 bits per heavy atom. The molecule has 0 spiro atoms. The average molecular weight is 237 g/mol. The Balaban J connectivity index is 2.57. The molecule has 0 heterocycles. The van der Waals surface area contributed by atoms with Gasteiger partial charge in [0.1, 0.15) is 0 Å². The van der Waals surface area contributed by atoms with E-state index in [1.165, 1.54) is 6.07 Å². The van der Waals surface area contributed by atoms with Gasteiger partial charge in [0.05, 0.1) is 22.0 Å². The molecule has 2 rings (SSSR count). The molecule has 5 heteroatoms. The summed E-state index contributed by atoms with van der Waals surface area (Å²) in [5.74, 6) is 0. The predicted octanol–water partition coefficient (Wildman–Crippen LogP) is 3.19. The van der Waals surface area contributed by atoms with Crippen LogP contribution in [0.2, 0.25) is 5.02 Å². The van der Waals surface area contributed by atoms with Gasteiger partial charge in [0.15, 0.2) is 0 Å². The van der Waals surface area contributed by atoms with Gasteiger partial charge in [0.2, 0.25) is 0 Å². The van der Waals surface area contributed by atoms with Gasteiger partial charge in [-0.2, -0.15) is 5.26 Å². The predicted molar refractivity (Wildman–Crippen MR) is 59.2 cm³/mol. The first-order valence-corrected chi connectivity index (χ1v) is 5.32. The van der Waals surface area contributed by atoms with E-state index in [9.17, 15) is 10.1 Å². The fraction of sp³-hybridized carbons (Fsp3) is 0.364. The second kappa shape index (κ2) is 3.76. The van der Waals surface area contributed by atoms with Crippen LogP contribution in [0.5, 0.6) is 0 Å². The monoisotopic (exact) mass is 236 g/mol. The largest absolute Gasteiger partial charge is 0.275 e. The standard InChI is InChI=1S/C11H9ClN2O2/c12-8-2-3-9(10(6-8)14(15)16)11(7-13)4-1-5-11/h2-3,6H,1,4-5H2. The molecule has 0 aromatic heterocycles. The highest BCUT2D eigenvalue weighted by Gasteiger charge is 2.43. The summed E-state index contributed by atoms with van der Waals surface area (Å²) in [5.41, 5.74) is -0.225. The van der Waals surface area contributed by atoms with Crippen LogP contribution in [-0.2, 0) is 5.41 Å². The Morgan fingerprint density at radius 1 is 1.50 bits per heavy atom. The second-order valence-corrected chi connectivity index (χ2v) is 4.40. The van der Waals surface area contributed by atoms with Gasteiger partial charge in [0, 0.05) is 11.1 Å². The summed E-state index contributed by atoms with van der Waals surface area (Å²) in [7, 11) is 0. The number of hydrogen-bond acceptors (Lipinski definition) is 3. The second-order valence-electron chi connectivity index (χ2n) is 3.97. The van der Waals surface area contributed by atoms with Crippen molar-refractivity contribution in [3.8, 4) is 6.07 Å². The van der Waals surface area contributed by atoms with E-state index in [2.05, 4.69) is 6.07 Å². The smallest absolute Gasteiger partial charge is 0.258 e. The van der Waals surface area contributed by atoms with E-state index >= 15 is 0 Å². The lowest BCUT2D eigenvalue weighted by Gasteiger charge is -2.35. The molecule has 0 bridgehead atoms. The molecular formula is C11H9ClN2O2. The van der Waals surface area contributed by atoms with Gasteiger partial charge < -0.3 is 0 Å². The van der Waals surface area contributed by atoms with E-state index in [1.54, 1.807) is 12.1 Å². The average Bonchev–Trinajstić information content (AvgIpc) is 2.19. The van der Waals surface area contributed by atoms with E-state index < -0.39 is 10.3 Å². The Labute approximate surface area is 97.6 Å². The number of rotatable bonds is 2. The van der Waals surface area contributed by atoms with Crippen LogP contribution in [0.3, 0.4) is 0 Å². The van der Waals surface area contributed by atoms with E-state index in [-0.39, 0.29) is 5.69 Å². The molecule has 1 aliphatic carbocycles. The molecule has 0 aliphatic heterocycles. The zero-order valence-corrected chi connectivity index (χ0v) is 9.20. The van der Waals surface area contributed by atoms with E-state index in [1.807, 2.05) is 0 Å². The topological polar surface area (TPSA) is 66.9 Å². The van der Waals surface area contributed by atoms with E-state index in [0.29, 0.717) is 23.4 Å². The van der Waals surface area contributed by atoms with Crippen molar-refractivity contribution in [2.45, 2.75) is 24.7 Å². The lowest BCUT2D eigenvalue weighted by atomic mass is 9.65. The van der Waals surface area contributed by atoms with Crippen molar-refractivity contribution in [3.05, 3.63) is 38.9 Å². The van der Waals surface area contributed by atoms with Crippen LogP contribution in [0, 0.1) is 21.4 Å². The SMILES string of the molecule is N#CC1(c2ccc(Cl)cc2[N+](=O)[O-])CCC1. The highest BCUT2D eigenvalue weighted by Crippen LogP contribution is 2.46. The molecule has 0 atom stereocenters. The maximum absolute atomic E-state index is 10.9. The summed E-state index contributed by atoms with van der Waals surface area (Å²) in [6, 6.07) is 6.71. The van der Waals surface area contributed by atoms with Gasteiger partial charge in [-0.15, -0.1) is 0 Å². The molecule has 0 amide bonds. The van der Waals surface area contributed by atoms with Crippen LogP contribution in [-0.4, -0.2) is 4.92 Å². The van der Waals surface area contributed by atoms with E-state index in [4.69, 9.17) is 16.9 Å². The maximum Gasteiger partial charge on any atom is 0.275 e. The van der Waals surface area contributed by atoms with Crippen molar-refractivity contribution < 1.29 is 4.92 Å². The normalized spacial score (nSPS) is 17.2. The Kier molecular flexibility index (Phi) is 2.56. The van der Waals surface area contributed by atoms with E-state index in [0.717, 1.165) is 6.42 Å². The highest BCUT2D eigenvalue weighted by molar-refractivity contribution is 6.30. The third kappa shape index (κ3) is 1.54. The van der Waals surface area contributed by atoms with Crippen molar-refractivity contribution in [1.82, 2.24) is 0 Å². The number of nitriles is 1. The number of nitro groups is 1. The van der Waals surface area contributed by atoms with Crippen LogP contribution in [0.25, 0.3) is 0 Å². The number of nitrogens with zero attached hydrogens (tertiary/aromatic N) is 2. The number of nitro benzene ring substituents is 1. The molecule has 4 nitrogen and oxygen atoms in total. The minimum atomic E-state index is -0.674. The van der Waals surface area contributed by atoms with Crippen LogP contribution in [0.4, 0.5) is 5.69 Å². The molecule has 1 aliphatic rings. The van der Waals surface area contributed by atoms with Crippen molar-refractivity contribution in [1.29, 1.82) is 5.26 Å². The van der Waals surface area contributed by atoms with Crippen molar-refractivity contribution in [2.24, 2.45) is 0 Å². The van der Waals surface area contributed by atoms with Crippen LogP contribution < -0.4 is 0 Å². The van der Waals surface area contributed by atoms with Crippen molar-refractivity contribution in [2.75, 3.05) is 0 Å². The Bertz CT molecular complexity index is 489. The van der Waals surface area contributed by atoms with Crippen LogP contribution in [0.1, 0.15) is 24.8 Å². The first-order chi connectivity index (χ1) is 7.59. The molecule has 0 unspecified atom stereocenters. The molecule has 0 saturated heterocycles. The fourth-order valence-corrected chi connectivity index (χ4v) is 2.20. The van der Waals surface area contributed by atoms with Crippen molar-refractivity contribution >= 4 is 17.3 Å². The molecule has 1 aromatic rings. The summed E-state index contributed by atoms with van der Waals surface area (Å²) < 4.78 is 0. The zero-order valence-electron chi connectivity index (χ0n) is 8.44. The van der Waals surface area contributed by atoms with Crippen LogP contribution >= 0.6 is 11.6 Å². The minimum Gasteiger partial charge on any atom is -0.258 e. The lowest BCUT2D eigenvalue weighted by Crippen LogP contribution is -2.33. The molecule has 0 N–H and O–H groups in total. The highest BCUT2D eigenvalue weighted by atomic mass is 35.5. The first kappa shape index (κ1) is 10.9. The van der Waals surface area contributed by atoms with Gasteiger partial charge in [-0.05, 0) is 31.4 Å². The van der Waals surface area contributed by atoms with Gasteiger partial charge in [-0.1, -0.05) is 11.6 Å². The van der Waals surface area contributed by atoms with Crippen molar-refractivity contribution in [3.63, 3.8) is 0 Å². The molecule has 1 aromatic carbocycles. The number of hydrogen-bond donors (Lipinski definition) is 0. The fourth-order valence-electron chi connectivity index (χ4n) is 2.03. The summed E-state index contributed by atoms with van der Waals surface area (Å²) in [4.78, 5) is 10.4. The molecule has 16 heavy (non-hydrogen) atoms. The molecule has 1 saturated carbocycles. The van der Waals surface area contributed by atoms with Gasteiger partial charge >= 0.3 is 0 Å². The summed E-state index contributed by atoms with van der Waals surface area (Å²) in [6.07, 6.45) is 2.31. The van der Waals surface area contributed by atoms with Gasteiger partial charge in [-0.25, -0.2) is 0 Å². The van der Waals surface area contributed by atoms with Crippen LogP contribution in [0.15, 0.2) is 18.2 Å². The molecule has 82 valence electrons. The Morgan fingerprint density at radius 2 is 2.19 bits per heavy atom. The molecule has 1 fully saturated rings. The lowest BCUT2D eigenvalue weighted by molar-refractivity contribution is -0.386. The third-order valence-corrected chi connectivity index (χ3v) is 3.33. The molecule has 0 radical (unpaired) electrons. The summed E-state index contributed by atoms with van der Waals surface area (Å²) in [6.45, 7) is 0. The third-order valence-electron chi connectivity index (χ3n) is 3.09. The summed E-state index contributed by atoms with van der Waals surface area (Å²) in [5, 5.41) is 20.4. The zero-order chi connectivity index (χ0) is 11.8. The Hall–Kier alpha value is -1.60. The quantitative estimate of drug-likeness (QED) is 0.585. The van der Waals surface area contributed by atoms with Gasteiger partial charge in [0.25, 0.3) is 5.69 Å². The maximum atomic E-state index is 10.9. The summed E-state index contributed by atoms with van der Waals surface area (Å²) >= 11 is 5.73. The number of benzene rings is 1. The number of halogens is 1. The van der Waals surface area contributed by atoms with Gasteiger partial charge in [-0.3, -0.25) is 10.1 Å². The first-order valence-electron chi connectivity index (χ1n) is 4.95. The minimum absolute atomic E-state index is 0.0475. The molecular weight excluding hydrogens is 228 g/mol.